The molecule has 1 aliphatic rings. The monoisotopic (exact) mass is 250 g/mol. The van der Waals surface area contributed by atoms with Crippen molar-refractivity contribution in [1.82, 2.24) is 0 Å². The fraction of sp³-hybridized carbons (Fsp3) is 0.600. The Labute approximate surface area is 109 Å². The first-order chi connectivity index (χ1) is 8.69. The highest BCUT2D eigenvalue weighted by molar-refractivity contribution is 5.54. The minimum atomic E-state index is 0.534. The summed E-state index contributed by atoms with van der Waals surface area (Å²) in [5.41, 5.74) is 1.26. The van der Waals surface area contributed by atoms with E-state index < -0.39 is 0 Å². The third-order valence-electron chi connectivity index (χ3n) is 3.64. The molecular formula is C15H22O3. The highest BCUT2D eigenvalue weighted by Gasteiger charge is 2.25. The predicted molar refractivity (Wildman–Crippen MR) is 71.9 cm³/mol. The minimum Gasteiger partial charge on any atom is -0.493 e. The Balaban J connectivity index is 2.29. The molecule has 1 fully saturated rings. The normalized spacial score (nSPS) is 16.2. The maximum Gasteiger partial charge on any atom is 0.203 e. The van der Waals surface area contributed by atoms with E-state index in [1.165, 1.54) is 24.8 Å². The van der Waals surface area contributed by atoms with Crippen LogP contribution in [0.2, 0.25) is 0 Å². The molecule has 0 bridgehead atoms. The van der Waals surface area contributed by atoms with Gasteiger partial charge in [0.2, 0.25) is 5.75 Å². The second-order valence-corrected chi connectivity index (χ2v) is 5.04. The van der Waals surface area contributed by atoms with Crippen LogP contribution < -0.4 is 14.2 Å². The van der Waals surface area contributed by atoms with E-state index >= 15 is 0 Å². The Morgan fingerprint density at radius 3 is 2.00 bits per heavy atom. The summed E-state index contributed by atoms with van der Waals surface area (Å²) < 4.78 is 16.1. The molecule has 1 aromatic carbocycles. The molecule has 1 aromatic rings. The van der Waals surface area contributed by atoms with E-state index in [-0.39, 0.29) is 0 Å². The van der Waals surface area contributed by atoms with Crippen molar-refractivity contribution >= 4 is 0 Å². The molecule has 0 amide bonds. The molecule has 0 aromatic heterocycles. The third kappa shape index (κ3) is 2.71. The highest BCUT2D eigenvalue weighted by Crippen LogP contribution is 2.43. The number of benzene rings is 1. The number of ether oxygens (including phenoxy) is 3. The van der Waals surface area contributed by atoms with Crippen molar-refractivity contribution in [3.05, 3.63) is 17.7 Å². The van der Waals surface area contributed by atoms with Gasteiger partial charge in [-0.1, -0.05) is 19.8 Å². The van der Waals surface area contributed by atoms with Crippen LogP contribution in [-0.4, -0.2) is 21.3 Å². The molecule has 0 radical (unpaired) electrons. The van der Waals surface area contributed by atoms with Crippen molar-refractivity contribution < 1.29 is 14.2 Å². The van der Waals surface area contributed by atoms with Crippen molar-refractivity contribution in [3.63, 3.8) is 0 Å². The molecule has 18 heavy (non-hydrogen) atoms. The Morgan fingerprint density at radius 1 is 1.06 bits per heavy atom. The van der Waals surface area contributed by atoms with Crippen LogP contribution in [0, 0.1) is 5.92 Å². The van der Waals surface area contributed by atoms with E-state index in [1.807, 2.05) is 0 Å². The van der Waals surface area contributed by atoms with Gasteiger partial charge in [0.25, 0.3) is 0 Å². The summed E-state index contributed by atoms with van der Waals surface area (Å²) in [6, 6.07) is 4.13. The van der Waals surface area contributed by atoms with Gasteiger partial charge < -0.3 is 14.2 Å². The number of hydrogen-bond donors (Lipinski definition) is 0. The molecule has 1 unspecified atom stereocenters. The van der Waals surface area contributed by atoms with E-state index in [1.54, 1.807) is 21.3 Å². The second-order valence-electron chi connectivity index (χ2n) is 5.04. The summed E-state index contributed by atoms with van der Waals surface area (Å²) in [6.07, 6.45) is 4.02. The quantitative estimate of drug-likeness (QED) is 0.771. The Kier molecular flexibility index (Phi) is 4.00. The summed E-state index contributed by atoms with van der Waals surface area (Å²) in [4.78, 5) is 0. The van der Waals surface area contributed by atoms with Gasteiger partial charge in [0.05, 0.1) is 21.3 Å². The van der Waals surface area contributed by atoms with E-state index in [4.69, 9.17) is 14.2 Å². The van der Waals surface area contributed by atoms with Crippen molar-refractivity contribution in [1.29, 1.82) is 0 Å². The third-order valence-corrected chi connectivity index (χ3v) is 3.64. The number of methoxy groups -OCH3 is 3. The maximum atomic E-state index is 5.39. The molecule has 100 valence electrons. The molecular weight excluding hydrogens is 228 g/mol. The second kappa shape index (κ2) is 5.51. The molecule has 1 aliphatic carbocycles. The van der Waals surface area contributed by atoms with Gasteiger partial charge in [0, 0.05) is 0 Å². The van der Waals surface area contributed by atoms with Crippen LogP contribution in [0.25, 0.3) is 0 Å². The predicted octanol–water partition coefficient (Wildman–Crippen LogP) is 3.62. The van der Waals surface area contributed by atoms with Gasteiger partial charge in [-0.15, -0.1) is 0 Å². The minimum absolute atomic E-state index is 0.534. The van der Waals surface area contributed by atoms with Crippen LogP contribution in [0.1, 0.15) is 37.7 Å². The molecule has 3 heteroatoms. The average molecular weight is 250 g/mol. The van der Waals surface area contributed by atoms with Crippen LogP contribution in [0.3, 0.4) is 0 Å². The molecule has 0 N–H and O–H groups in total. The van der Waals surface area contributed by atoms with E-state index in [0.717, 1.165) is 17.4 Å². The van der Waals surface area contributed by atoms with Crippen molar-refractivity contribution in [2.75, 3.05) is 21.3 Å². The smallest absolute Gasteiger partial charge is 0.203 e. The molecule has 3 nitrogen and oxygen atoms in total. The maximum absolute atomic E-state index is 5.39. The standard InChI is InChI=1S/C15H22O3/c1-10(7-11-5-6-11)12-8-13(16-2)15(18-4)14(9-12)17-3/h8-11H,5-7H2,1-4H3. The lowest BCUT2D eigenvalue weighted by atomic mass is 9.95. The summed E-state index contributed by atoms with van der Waals surface area (Å²) in [6.45, 7) is 2.26. The fourth-order valence-corrected chi connectivity index (χ4v) is 2.38. The number of rotatable bonds is 6. The van der Waals surface area contributed by atoms with E-state index in [9.17, 15) is 0 Å². The molecule has 1 saturated carbocycles. The summed E-state index contributed by atoms with van der Waals surface area (Å²) >= 11 is 0. The van der Waals surface area contributed by atoms with Gasteiger partial charge >= 0.3 is 0 Å². The fourth-order valence-electron chi connectivity index (χ4n) is 2.38. The molecule has 2 rings (SSSR count). The van der Waals surface area contributed by atoms with Crippen LogP contribution in [-0.2, 0) is 0 Å². The van der Waals surface area contributed by atoms with E-state index in [0.29, 0.717) is 11.7 Å². The van der Waals surface area contributed by atoms with Crippen LogP contribution in [0.4, 0.5) is 0 Å². The topological polar surface area (TPSA) is 27.7 Å². The largest absolute Gasteiger partial charge is 0.493 e. The zero-order valence-corrected chi connectivity index (χ0v) is 11.7. The van der Waals surface area contributed by atoms with Crippen LogP contribution in [0.5, 0.6) is 17.2 Å². The Morgan fingerprint density at radius 2 is 1.61 bits per heavy atom. The van der Waals surface area contributed by atoms with Gasteiger partial charge in [-0.3, -0.25) is 0 Å². The SMILES string of the molecule is COc1cc(C(C)CC2CC2)cc(OC)c1OC. The van der Waals surface area contributed by atoms with Crippen LogP contribution in [0.15, 0.2) is 12.1 Å². The van der Waals surface area contributed by atoms with E-state index in [2.05, 4.69) is 19.1 Å². The van der Waals surface area contributed by atoms with Crippen molar-refractivity contribution in [2.24, 2.45) is 5.92 Å². The van der Waals surface area contributed by atoms with Gasteiger partial charge in [0.15, 0.2) is 11.5 Å². The van der Waals surface area contributed by atoms with Gasteiger partial charge in [0.1, 0.15) is 0 Å². The highest BCUT2D eigenvalue weighted by atomic mass is 16.5. The molecule has 0 aliphatic heterocycles. The summed E-state index contributed by atoms with van der Waals surface area (Å²) in [7, 11) is 4.95. The average Bonchev–Trinajstić information content (AvgIpc) is 3.20. The first-order valence-corrected chi connectivity index (χ1v) is 6.49. The zero-order valence-electron chi connectivity index (χ0n) is 11.7. The molecule has 0 saturated heterocycles. The summed E-state index contributed by atoms with van der Waals surface area (Å²) in [5.74, 6) is 3.61. The van der Waals surface area contributed by atoms with Crippen LogP contribution >= 0.6 is 0 Å². The zero-order chi connectivity index (χ0) is 13.1. The van der Waals surface area contributed by atoms with Gasteiger partial charge in [-0.05, 0) is 36.0 Å². The summed E-state index contributed by atoms with van der Waals surface area (Å²) in [5, 5.41) is 0. The first kappa shape index (κ1) is 13.1. The molecule has 0 spiro atoms. The Hall–Kier alpha value is -1.38. The van der Waals surface area contributed by atoms with Crippen molar-refractivity contribution in [3.8, 4) is 17.2 Å². The lowest BCUT2D eigenvalue weighted by molar-refractivity contribution is 0.323. The van der Waals surface area contributed by atoms with Gasteiger partial charge in [-0.2, -0.15) is 0 Å². The van der Waals surface area contributed by atoms with Gasteiger partial charge in [-0.25, -0.2) is 0 Å². The first-order valence-electron chi connectivity index (χ1n) is 6.49. The molecule has 1 atom stereocenters. The van der Waals surface area contributed by atoms with Crippen molar-refractivity contribution in [2.45, 2.75) is 32.1 Å². The molecule has 0 heterocycles. The number of hydrogen-bond acceptors (Lipinski definition) is 3. The Bertz CT molecular complexity index is 385. The lowest BCUT2D eigenvalue weighted by Gasteiger charge is -2.17. The lowest BCUT2D eigenvalue weighted by Crippen LogP contribution is -2.00.